The van der Waals surface area contributed by atoms with Gasteiger partial charge in [0, 0.05) is 17.8 Å². The average molecular weight is 287 g/mol. The van der Waals surface area contributed by atoms with Gasteiger partial charge in [-0.05, 0) is 48.2 Å². The summed E-state index contributed by atoms with van der Waals surface area (Å²) in [5, 5.41) is 3.53. The molecule has 0 aromatic heterocycles. The van der Waals surface area contributed by atoms with Crippen molar-refractivity contribution in [1.82, 2.24) is 0 Å². The monoisotopic (exact) mass is 287 g/mol. The molecule has 1 aliphatic rings. The van der Waals surface area contributed by atoms with Gasteiger partial charge in [-0.25, -0.2) is 8.78 Å². The number of benzene rings is 2. The van der Waals surface area contributed by atoms with E-state index in [-0.39, 0.29) is 0 Å². The minimum Gasteiger partial charge on any atom is -0.382 e. The zero-order chi connectivity index (χ0) is 14.7. The summed E-state index contributed by atoms with van der Waals surface area (Å²) in [6.07, 6.45) is 6.35. The van der Waals surface area contributed by atoms with Gasteiger partial charge in [-0.1, -0.05) is 31.4 Å². The molecule has 1 N–H and O–H groups in total. The number of halogens is 2. The maximum Gasteiger partial charge on any atom is 0.126 e. The van der Waals surface area contributed by atoms with Crippen LogP contribution in [0.1, 0.15) is 32.1 Å². The lowest BCUT2D eigenvalue weighted by atomic mass is 9.95. The topological polar surface area (TPSA) is 12.0 Å². The van der Waals surface area contributed by atoms with E-state index in [0.29, 0.717) is 11.6 Å². The second-order valence-electron chi connectivity index (χ2n) is 5.71. The molecule has 3 heteroatoms. The smallest absolute Gasteiger partial charge is 0.126 e. The highest BCUT2D eigenvalue weighted by atomic mass is 19.1. The SMILES string of the molecule is Fc1cc(F)cc(-c2ccc(NC3CCCCC3)cc2)c1. The van der Waals surface area contributed by atoms with Gasteiger partial charge in [-0.3, -0.25) is 0 Å². The van der Waals surface area contributed by atoms with Gasteiger partial charge in [0.1, 0.15) is 11.6 Å². The van der Waals surface area contributed by atoms with Crippen molar-refractivity contribution in [1.29, 1.82) is 0 Å². The van der Waals surface area contributed by atoms with Gasteiger partial charge in [0.05, 0.1) is 0 Å². The Labute approximate surface area is 124 Å². The zero-order valence-corrected chi connectivity index (χ0v) is 11.9. The summed E-state index contributed by atoms with van der Waals surface area (Å²) in [5.74, 6) is -1.09. The Morgan fingerprint density at radius 1 is 0.762 bits per heavy atom. The molecule has 1 aliphatic carbocycles. The first-order valence-electron chi connectivity index (χ1n) is 7.54. The van der Waals surface area contributed by atoms with Crippen LogP contribution in [-0.2, 0) is 0 Å². The largest absolute Gasteiger partial charge is 0.382 e. The van der Waals surface area contributed by atoms with Gasteiger partial charge in [0.25, 0.3) is 0 Å². The van der Waals surface area contributed by atoms with Crippen molar-refractivity contribution in [2.75, 3.05) is 5.32 Å². The molecule has 0 bridgehead atoms. The molecule has 21 heavy (non-hydrogen) atoms. The predicted molar refractivity (Wildman–Crippen MR) is 82.3 cm³/mol. The zero-order valence-electron chi connectivity index (χ0n) is 11.9. The first-order valence-corrected chi connectivity index (χ1v) is 7.54. The molecule has 2 aromatic rings. The minimum atomic E-state index is -0.547. The van der Waals surface area contributed by atoms with Crippen LogP contribution >= 0.6 is 0 Å². The third-order valence-corrected chi connectivity index (χ3v) is 4.06. The van der Waals surface area contributed by atoms with E-state index in [9.17, 15) is 8.78 Å². The van der Waals surface area contributed by atoms with E-state index < -0.39 is 11.6 Å². The Bertz CT molecular complexity index is 581. The summed E-state index contributed by atoms with van der Waals surface area (Å²) >= 11 is 0. The summed E-state index contributed by atoms with van der Waals surface area (Å²) in [5.41, 5.74) is 2.46. The van der Waals surface area contributed by atoms with Gasteiger partial charge < -0.3 is 5.32 Å². The third kappa shape index (κ3) is 3.60. The third-order valence-electron chi connectivity index (χ3n) is 4.06. The molecule has 0 amide bonds. The maximum atomic E-state index is 13.2. The number of hydrogen-bond donors (Lipinski definition) is 1. The molecule has 3 rings (SSSR count). The van der Waals surface area contributed by atoms with Crippen LogP contribution in [0.4, 0.5) is 14.5 Å². The second kappa shape index (κ2) is 6.25. The molecule has 0 unspecified atom stereocenters. The Hall–Kier alpha value is -1.90. The van der Waals surface area contributed by atoms with Crippen LogP contribution < -0.4 is 5.32 Å². The Balaban J connectivity index is 1.74. The summed E-state index contributed by atoms with van der Waals surface area (Å²) in [7, 11) is 0. The van der Waals surface area contributed by atoms with Crippen LogP contribution in [0.5, 0.6) is 0 Å². The summed E-state index contributed by atoms with van der Waals surface area (Å²) in [6, 6.07) is 11.9. The molecule has 0 aliphatic heterocycles. The Morgan fingerprint density at radius 2 is 1.38 bits per heavy atom. The molecule has 1 fully saturated rings. The van der Waals surface area contributed by atoms with Crippen LogP contribution in [0.15, 0.2) is 42.5 Å². The van der Waals surface area contributed by atoms with Crippen molar-refractivity contribution in [2.24, 2.45) is 0 Å². The van der Waals surface area contributed by atoms with Gasteiger partial charge in [-0.2, -0.15) is 0 Å². The Kier molecular flexibility index (Phi) is 4.18. The van der Waals surface area contributed by atoms with Crippen LogP contribution in [0.2, 0.25) is 0 Å². The van der Waals surface area contributed by atoms with Crippen molar-refractivity contribution in [3.8, 4) is 11.1 Å². The molecule has 1 nitrogen and oxygen atoms in total. The van der Waals surface area contributed by atoms with E-state index in [0.717, 1.165) is 17.3 Å². The summed E-state index contributed by atoms with van der Waals surface area (Å²) in [6.45, 7) is 0. The minimum absolute atomic E-state index is 0.547. The number of rotatable bonds is 3. The van der Waals surface area contributed by atoms with Gasteiger partial charge in [0.15, 0.2) is 0 Å². The van der Waals surface area contributed by atoms with Crippen LogP contribution in [-0.4, -0.2) is 6.04 Å². The highest BCUT2D eigenvalue weighted by Gasteiger charge is 2.12. The fraction of sp³-hybridized carbons (Fsp3) is 0.333. The van der Waals surface area contributed by atoms with Crippen molar-refractivity contribution in [2.45, 2.75) is 38.1 Å². The fourth-order valence-corrected chi connectivity index (χ4v) is 2.96. The van der Waals surface area contributed by atoms with E-state index >= 15 is 0 Å². The lowest BCUT2D eigenvalue weighted by Gasteiger charge is -2.23. The summed E-state index contributed by atoms with van der Waals surface area (Å²) in [4.78, 5) is 0. The molecule has 110 valence electrons. The standard InChI is InChI=1S/C18H19F2N/c19-15-10-14(11-16(20)12-15)13-6-8-18(9-7-13)21-17-4-2-1-3-5-17/h6-12,17,21H,1-5H2. The molecule has 0 radical (unpaired) electrons. The quantitative estimate of drug-likeness (QED) is 0.799. The van der Waals surface area contributed by atoms with E-state index in [2.05, 4.69) is 5.32 Å². The fourth-order valence-electron chi connectivity index (χ4n) is 2.96. The second-order valence-corrected chi connectivity index (χ2v) is 5.71. The molecule has 2 aromatic carbocycles. The molecule has 0 heterocycles. The maximum absolute atomic E-state index is 13.2. The van der Waals surface area contributed by atoms with Gasteiger partial charge >= 0.3 is 0 Å². The van der Waals surface area contributed by atoms with E-state index in [4.69, 9.17) is 0 Å². The lowest BCUT2D eigenvalue weighted by molar-refractivity contribution is 0.463. The average Bonchev–Trinajstić information content (AvgIpc) is 2.48. The Morgan fingerprint density at radius 3 is 2.00 bits per heavy atom. The molecule has 0 atom stereocenters. The number of hydrogen-bond acceptors (Lipinski definition) is 1. The molecule has 1 saturated carbocycles. The molecule has 0 spiro atoms. The predicted octanol–water partition coefficient (Wildman–Crippen LogP) is 5.38. The normalized spacial score (nSPS) is 15.9. The van der Waals surface area contributed by atoms with Crippen LogP contribution in [0, 0.1) is 11.6 Å². The van der Waals surface area contributed by atoms with E-state index in [1.165, 1.54) is 44.2 Å². The summed E-state index contributed by atoms with van der Waals surface area (Å²) < 4.78 is 26.5. The van der Waals surface area contributed by atoms with Gasteiger partial charge in [0.2, 0.25) is 0 Å². The highest BCUT2D eigenvalue weighted by Crippen LogP contribution is 2.25. The first-order chi connectivity index (χ1) is 10.2. The molecular weight excluding hydrogens is 268 g/mol. The van der Waals surface area contributed by atoms with Gasteiger partial charge in [-0.15, -0.1) is 0 Å². The highest BCUT2D eigenvalue weighted by molar-refractivity contribution is 5.66. The van der Waals surface area contributed by atoms with E-state index in [1.807, 2.05) is 24.3 Å². The van der Waals surface area contributed by atoms with Crippen molar-refractivity contribution in [3.05, 3.63) is 54.1 Å². The number of anilines is 1. The lowest BCUT2D eigenvalue weighted by Crippen LogP contribution is -2.22. The van der Waals surface area contributed by atoms with Crippen molar-refractivity contribution < 1.29 is 8.78 Å². The van der Waals surface area contributed by atoms with Crippen molar-refractivity contribution >= 4 is 5.69 Å². The molecule has 0 saturated heterocycles. The van der Waals surface area contributed by atoms with Crippen LogP contribution in [0.25, 0.3) is 11.1 Å². The van der Waals surface area contributed by atoms with E-state index in [1.54, 1.807) is 0 Å². The molecular formula is C18H19F2N. The first kappa shape index (κ1) is 14.1. The van der Waals surface area contributed by atoms with Crippen LogP contribution in [0.3, 0.4) is 0 Å². The van der Waals surface area contributed by atoms with Crippen molar-refractivity contribution in [3.63, 3.8) is 0 Å². The number of nitrogens with one attached hydrogen (secondary N) is 1.